The van der Waals surface area contributed by atoms with Crippen LogP contribution >= 0.6 is 23.2 Å². The maximum Gasteiger partial charge on any atom is 0.338 e. The summed E-state index contributed by atoms with van der Waals surface area (Å²) in [5, 5.41) is 3.57. The Morgan fingerprint density at radius 3 is 2.58 bits per heavy atom. The fraction of sp³-hybridized carbons (Fsp3) is 0.394. The van der Waals surface area contributed by atoms with Crippen molar-refractivity contribution in [2.75, 3.05) is 24.7 Å². The summed E-state index contributed by atoms with van der Waals surface area (Å²) in [6, 6.07) is 14.4. The van der Waals surface area contributed by atoms with Gasteiger partial charge < -0.3 is 21.5 Å². The molecule has 1 saturated heterocycles. The molecule has 1 aliphatic heterocycles. The first kappa shape index (κ1) is 31.3. The van der Waals surface area contributed by atoms with Crippen molar-refractivity contribution < 1.29 is 18.7 Å². The van der Waals surface area contributed by atoms with Gasteiger partial charge in [0.05, 0.1) is 23.7 Å². The van der Waals surface area contributed by atoms with Gasteiger partial charge in [-0.3, -0.25) is 9.69 Å². The SMILES string of the molecule is COC(=O)c1ccc(C(N)CCC2C[C@H](c3cccc(Cl)c3F)[C@H](C(=O)Nc3cccc(Cl)c3)N2CC2CC2)c(N)c1C. The van der Waals surface area contributed by atoms with Gasteiger partial charge in [-0.25, -0.2) is 9.18 Å². The smallest absolute Gasteiger partial charge is 0.338 e. The predicted octanol–water partition coefficient (Wildman–Crippen LogP) is 6.87. The highest BCUT2D eigenvalue weighted by molar-refractivity contribution is 6.31. The summed E-state index contributed by atoms with van der Waals surface area (Å²) in [4.78, 5) is 28.3. The van der Waals surface area contributed by atoms with E-state index in [1.165, 1.54) is 13.2 Å². The Labute approximate surface area is 261 Å². The fourth-order valence-corrected chi connectivity index (χ4v) is 6.68. The van der Waals surface area contributed by atoms with E-state index in [2.05, 4.69) is 10.2 Å². The van der Waals surface area contributed by atoms with E-state index in [-0.39, 0.29) is 17.0 Å². The third kappa shape index (κ3) is 6.83. The molecule has 2 aliphatic rings. The van der Waals surface area contributed by atoms with Crippen molar-refractivity contribution in [2.24, 2.45) is 11.7 Å². The number of halogens is 3. The third-order valence-electron chi connectivity index (χ3n) is 8.81. The molecule has 5 N–H and O–H groups in total. The summed E-state index contributed by atoms with van der Waals surface area (Å²) >= 11 is 12.4. The highest BCUT2D eigenvalue weighted by atomic mass is 35.5. The van der Waals surface area contributed by atoms with Crippen molar-refractivity contribution in [3.05, 3.63) is 92.7 Å². The van der Waals surface area contributed by atoms with Crippen LogP contribution in [0.15, 0.2) is 54.6 Å². The van der Waals surface area contributed by atoms with Crippen LogP contribution < -0.4 is 16.8 Å². The van der Waals surface area contributed by atoms with E-state index >= 15 is 4.39 Å². The summed E-state index contributed by atoms with van der Waals surface area (Å²) in [6.45, 7) is 2.51. The number of nitrogens with zero attached hydrogens (tertiary/aromatic N) is 1. The van der Waals surface area contributed by atoms with Crippen molar-refractivity contribution in [3.63, 3.8) is 0 Å². The quantitative estimate of drug-likeness (QED) is 0.167. The van der Waals surface area contributed by atoms with E-state index in [9.17, 15) is 9.59 Å². The number of anilines is 2. The molecular formula is C33H37Cl2FN4O3. The lowest BCUT2D eigenvalue weighted by molar-refractivity contribution is -0.121. The van der Waals surface area contributed by atoms with Crippen LogP contribution in [0.3, 0.4) is 0 Å². The number of esters is 1. The van der Waals surface area contributed by atoms with Crippen molar-refractivity contribution in [1.82, 2.24) is 4.90 Å². The Kier molecular flexibility index (Phi) is 9.61. The highest BCUT2D eigenvalue weighted by Crippen LogP contribution is 2.45. The van der Waals surface area contributed by atoms with Gasteiger partial charge in [-0.05, 0) is 92.0 Å². The first-order chi connectivity index (χ1) is 20.6. The molecule has 3 aromatic rings. The Balaban J connectivity index is 1.43. The van der Waals surface area contributed by atoms with Gasteiger partial charge in [-0.1, -0.05) is 47.5 Å². The average Bonchev–Trinajstić information content (AvgIpc) is 3.73. The Morgan fingerprint density at radius 1 is 1.14 bits per heavy atom. The van der Waals surface area contributed by atoms with Gasteiger partial charge in [0.25, 0.3) is 0 Å². The van der Waals surface area contributed by atoms with Crippen molar-refractivity contribution in [3.8, 4) is 0 Å². The zero-order valence-corrected chi connectivity index (χ0v) is 25.8. The van der Waals surface area contributed by atoms with Gasteiger partial charge in [0.15, 0.2) is 0 Å². The van der Waals surface area contributed by atoms with Crippen LogP contribution in [0.25, 0.3) is 0 Å². The van der Waals surface area contributed by atoms with Crippen LogP contribution in [0.1, 0.15) is 71.1 Å². The Bertz CT molecular complexity index is 1520. The molecule has 43 heavy (non-hydrogen) atoms. The van der Waals surface area contributed by atoms with Gasteiger partial charge in [0, 0.05) is 40.9 Å². The molecular weight excluding hydrogens is 590 g/mol. The molecule has 1 aliphatic carbocycles. The first-order valence-corrected chi connectivity index (χ1v) is 15.3. The molecule has 4 atom stereocenters. The Morgan fingerprint density at radius 2 is 1.88 bits per heavy atom. The van der Waals surface area contributed by atoms with Gasteiger partial charge in [0.2, 0.25) is 5.91 Å². The molecule has 5 rings (SSSR count). The van der Waals surface area contributed by atoms with Crippen LogP contribution in [0, 0.1) is 18.7 Å². The molecule has 10 heteroatoms. The van der Waals surface area contributed by atoms with Crippen LogP contribution in [-0.4, -0.2) is 42.5 Å². The molecule has 228 valence electrons. The van der Waals surface area contributed by atoms with Crippen molar-refractivity contribution in [2.45, 2.75) is 63.1 Å². The van der Waals surface area contributed by atoms with E-state index < -0.39 is 29.8 Å². The molecule has 3 aromatic carbocycles. The minimum atomic E-state index is -0.611. The zero-order chi connectivity index (χ0) is 30.8. The zero-order valence-electron chi connectivity index (χ0n) is 24.3. The molecule has 0 spiro atoms. The standard InChI is InChI=1S/C33H37Cl2FN4O3/c1-18-23(33(42)43-2)12-13-25(30(18)38)28(37)14-11-22-16-26(24-7-4-8-27(35)29(24)36)31(40(22)17-19-9-10-19)32(41)39-21-6-3-5-20(34)15-21/h3-8,12-13,15,19,22,26,28,31H,9-11,14,16-17,37-38H2,1-2H3,(H,39,41)/t22?,26-,28?,31-/m1/s1. The lowest BCUT2D eigenvalue weighted by atomic mass is 9.88. The van der Waals surface area contributed by atoms with Crippen LogP contribution in [0.5, 0.6) is 0 Å². The third-order valence-corrected chi connectivity index (χ3v) is 9.33. The minimum Gasteiger partial charge on any atom is -0.465 e. The Hall–Kier alpha value is -3.17. The van der Waals surface area contributed by atoms with E-state index in [0.717, 1.165) is 24.9 Å². The number of ether oxygens (including phenoxy) is 1. The van der Waals surface area contributed by atoms with Gasteiger partial charge in [-0.15, -0.1) is 0 Å². The monoisotopic (exact) mass is 626 g/mol. The van der Waals surface area contributed by atoms with Crippen LogP contribution in [-0.2, 0) is 9.53 Å². The molecule has 2 unspecified atom stereocenters. The molecule has 2 fully saturated rings. The molecule has 0 radical (unpaired) electrons. The minimum absolute atomic E-state index is 0.0261. The number of methoxy groups -OCH3 is 1. The largest absolute Gasteiger partial charge is 0.465 e. The second-order valence-corrected chi connectivity index (χ2v) is 12.5. The summed E-state index contributed by atoms with van der Waals surface area (Å²) in [6.07, 6.45) is 4.03. The summed E-state index contributed by atoms with van der Waals surface area (Å²) in [5.74, 6) is -1.08. The number of amides is 1. The second-order valence-electron chi connectivity index (χ2n) is 11.6. The summed E-state index contributed by atoms with van der Waals surface area (Å²) in [7, 11) is 1.33. The number of carbonyl (C=O) groups is 2. The van der Waals surface area contributed by atoms with E-state index in [0.29, 0.717) is 58.3 Å². The van der Waals surface area contributed by atoms with Gasteiger partial charge in [-0.2, -0.15) is 0 Å². The normalized spacial score (nSPS) is 21.0. The van der Waals surface area contributed by atoms with Gasteiger partial charge >= 0.3 is 5.97 Å². The first-order valence-electron chi connectivity index (χ1n) is 14.6. The summed E-state index contributed by atoms with van der Waals surface area (Å²) in [5.41, 5.74) is 16.4. The maximum absolute atomic E-state index is 15.5. The number of nitrogens with two attached hydrogens (primary N) is 2. The highest BCUT2D eigenvalue weighted by Gasteiger charge is 2.48. The van der Waals surface area contributed by atoms with Crippen LogP contribution in [0.2, 0.25) is 10.0 Å². The van der Waals surface area contributed by atoms with E-state index in [1.807, 2.05) is 0 Å². The molecule has 0 bridgehead atoms. The fourth-order valence-electron chi connectivity index (χ4n) is 6.31. The number of hydrogen-bond donors (Lipinski definition) is 3. The van der Waals surface area contributed by atoms with Crippen molar-refractivity contribution >= 4 is 46.5 Å². The molecule has 1 saturated carbocycles. The summed E-state index contributed by atoms with van der Waals surface area (Å²) < 4.78 is 20.3. The van der Waals surface area contributed by atoms with E-state index in [1.54, 1.807) is 55.5 Å². The molecule has 7 nitrogen and oxygen atoms in total. The topological polar surface area (TPSA) is 111 Å². The lowest BCUT2D eigenvalue weighted by Gasteiger charge is -2.31. The number of rotatable bonds is 10. The number of nitrogen functional groups attached to an aromatic ring is 1. The number of benzene rings is 3. The number of hydrogen-bond acceptors (Lipinski definition) is 6. The predicted molar refractivity (Wildman–Crippen MR) is 169 cm³/mol. The van der Waals surface area contributed by atoms with Crippen LogP contribution in [0.4, 0.5) is 15.8 Å². The number of likely N-dealkylation sites (tertiary alicyclic amines) is 1. The molecule has 0 aromatic heterocycles. The molecule has 1 amide bonds. The average molecular weight is 628 g/mol. The van der Waals surface area contributed by atoms with Crippen molar-refractivity contribution in [1.29, 1.82) is 0 Å². The number of carbonyl (C=O) groups excluding carboxylic acids is 2. The molecule has 1 heterocycles. The number of nitrogens with one attached hydrogen (secondary N) is 1. The second kappa shape index (κ2) is 13.2. The maximum atomic E-state index is 15.5. The van der Waals surface area contributed by atoms with Gasteiger partial charge in [0.1, 0.15) is 5.82 Å². The lowest BCUT2D eigenvalue weighted by Crippen LogP contribution is -2.46. The van der Waals surface area contributed by atoms with E-state index in [4.69, 9.17) is 39.4 Å².